The third-order valence-electron chi connectivity index (χ3n) is 11.5. The highest BCUT2D eigenvalue weighted by atomic mass is 14.7. The van der Waals surface area contributed by atoms with E-state index in [2.05, 4.69) is 156 Å². The first-order valence-electron chi connectivity index (χ1n) is 21.2. The molecule has 0 unspecified atom stereocenters. The Labute approximate surface area is 366 Å². The van der Waals surface area contributed by atoms with Crippen LogP contribution in [-0.4, -0.2) is 19.9 Å². The Balaban J connectivity index is 0.000000313. The Kier molecular flexibility index (Phi) is 10.7. The van der Waals surface area contributed by atoms with Crippen LogP contribution in [0.2, 0.25) is 0 Å². The summed E-state index contributed by atoms with van der Waals surface area (Å²) in [4.78, 5) is 18.2. The zero-order valence-electron chi connectivity index (χ0n) is 34.9. The number of rotatable bonds is 5. The summed E-state index contributed by atoms with van der Waals surface area (Å²) in [6.45, 7) is 5.25. The van der Waals surface area contributed by atoms with E-state index >= 15 is 0 Å². The first kappa shape index (κ1) is 38.8. The fourth-order valence-corrected chi connectivity index (χ4v) is 8.68. The molecule has 4 heterocycles. The van der Waals surface area contributed by atoms with Crippen molar-refractivity contribution in [2.24, 2.45) is 0 Å². The Bertz CT molecular complexity index is 3420. The summed E-state index contributed by atoms with van der Waals surface area (Å²) in [5.41, 5.74) is 13.2. The zero-order valence-corrected chi connectivity index (χ0v) is 34.9. The van der Waals surface area contributed by atoms with Crippen LogP contribution >= 0.6 is 0 Å². The Morgan fingerprint density at radius 3 is 1.41 bits per heavy atom. The summed E-state index contributed by atoms with van der Waals surface area (Å²) >= 11 is 0. The van der Waals surface area contributed by atoms with E-state index in [0.29, 0.717) is 0 Å². The average molecular weight is 807 g/mol. The molecule has 0 atom stereocenters. The van der Waals surface area contributed by atoms with Crippen molar-refractivity contribution in [3.63, 3.8) is 0 Å². The van der Waals surface area contributed by atoms with Gasteiger partial charge in [-0.2, -0.15) is 0 Å². The van der Waals surface area contributed by atoms with Crippen molar-refractivity contribution in [2.75, 3.05) is 0 Å². The van der Waals surface area contributed by atoms with Crippen LogP contribution in [0.1, 0.15) is 6.92 Å². The van der Waals surface area contributed by atoms with Crippen LogP contribution in [0.15, 0.2) is 232 Å². The van der Waals surface area contributed by atoms with E-state index in [0.717, 1.165) is 44.5 Å². The number of benzene rings is 8. The lowest BCUT2D eigenvalue weighted by atomic mass is 9.86. The molecule has 0 saturated carbocycles. The quantitative estimate of drug-likeness (QED) is 0.128. The van der Waals surface area contributed by atoms with Gasteiger partial charge >= 0.3 is 0 Å². The third kappa shape index (κ3) is 7.67. The maximum absolute atomic E-state index is 4.70. The largest absolute Gasteiger partial charge is 0.256 e. The number of allylic oxidation sites excluding steroid dienone is 1. The normalized spacial score (nSPS) is 11.0. The van der Waals surface area contributed by atoms with Gasteiger partial charge in [-0.1, -0.05) is 127 Å². The maximum Gasteiger partial charge on any atom is 0.0708 e. The maximum atomic E-state index is 4.70. The van der Waals surface area contributed by atoms with E-state index in [-0.39, 0.29) is 0 Å². The van der Waals surface area contributed by atoms with E-state index in [1.807, 2.05) is 86.3 Å². The molecule has 12 aromatic rings. The molecule has 0 amide bonds. The van der Waals surface area contributed by atoms with Gasteiger partial charge in [0.15, 0.2) is 0 Å². The molecule has 0 fully saturated rings. The molecule has 0 spiro atoms. The van der Waals surface area contributed by atoms with Crippen LogP contribution in [0.5, 0.6) is 0 Å². The summed E-state index contributed by atoms with van der Waals surface area (Å²) in [6.07, 6.45) is 9.12. The Morgan fingerprint density at radius 1 is 0.333 bits per heavy atom. The van der Waals surface area contributed by atoms with Crippen LogP contribution in [-0.2, 0) is 0 Å². The van der Waals surface area contributed by atoms with E-state index in [9.17, 15) is 0 Å². The predicted molar refractivity (Wildman–Crippen MR) is 266 cm³/mol. The van der Waals surface area contributed by atoms with Crippen LogP contribution in [0.3, 0.4) is 0 Å². The lowest BCUT2D eigenvalue weighted by molar-refractivity contribution is 1.31. The molecule has 0 aliphatic heterocycles. The highest BCUT2D eigenvalue weighted by Gasteiger charge is 2.17. The van der Waals surface area contributed by atoms with Gasteiger partial charge in [0.25, 0.3) is 0 Å². The number of hydrogen-bond donors (Lipinski definition) is 0. The number of aromatic nitrogens is 4. The summed E-state index contributed by atoms with van der Waals surface area (Å²) in [6, 6.07) is 68.6. The van der Waals surface area contributed by atoms with Crippen molar-refractivity contribution in [1.29, 1.82) is 0 Å². The third-order valence-corrected chi connectivity index (χ3v) is 11.5. The van der Waals surface area contributed by atoms with Crippen LogP contribution in [0, 0.1) is 0 Å². The molecule has 12 rings (SSSR count). The Hall–Kier alpha value is -8.34. The molecule has 298 valence electrons. The zero-order chi connectivity index (χ0) is 42.5. The number of pyridine rings is 4. The second kappa shape index (κ2) is 17.3. The molecule has 4 nitrogen and oxygen atoms in total. The first-order chi connectivity index (χ1) is 31.2. The second-order valence-electron chi connectivity index (χ2n) is 15.4. The summed E-state index contributed by atoms with van der Waals surface area (Å²) in [7, 11) is 0. The minimum absolute atomic E-state index is 0.941. The van der Waals surface area contributed by atoms with E-state index in [1.165, 1.54) is 65.5 Å². The van der Waals surface area contributed by atoms with Crippen molar-refractivity contribution in [1.82, 2.24) is 19.9 Å². The highest BCUT2D eigenvalue weighted by Crippen LogP contribution is 2.44. The monoisotopic (exact) mass is 806 g/mol. The van der Waals surface area contributed by atoms with Crippen molar-refractivity contribution < 1.29 is 0 Å². The van der Waals surface area contributed by atoms with E-state index in [1.54, 1.807) is 6.08 Å². The fourth-order valence-electron chi connectivity index (χ4n) is 8.68. The molecule has 4 aromatic heterocycles. The van der Waals surface area contributed by atoms with Gasteiger partial charge in [0.05, 0.1) is 22.4 Å². The minimum atomic E-state index is 0.941. The molecule has 0 radical (unpaired) electrons. The van der Waals surface area contributed by atoms with Gasteiger partial charge in [0.2, 0.25) is 0 Å². The predicted octanol–water partition coefficient (Wildman–Crippen LogP) is 15.7. The SMILES string of the molecule is C=CC.c1ccc(-c2cc(-c3ccccn3)cc(-c3ccc4ccc5c(-c6cccc(-c7cccc8ncccc78)c6)ccc6ccc3c4c65)c2)nc1.c1ccc2ncccc2c1. The molecular weight excluding hydrogens is 765 g/mol. The van der Waals surface area contributed by atoms with Gasteiger partial charge in [0, 0.05) is 46.7 Å². The van der Waals surface area contributed by atoms with Crippen LogP contribution < -0.4 is 0 Å². The summed E-state index contributed by atoms with van der Waals surface area (Å²) in [5.74, 6) is 0. The number of fused-ring (bicyclic) bond motifs is 2. The van der Waals surface area contributed by atoms with Gasteiger partial charge < -0.3 is 0 Å². The standard InChI is InChI=1S/C47H29N3.C9H7N.C3H6/c1-3-23-48-43(12-1)35-27-34(28-36(29-35)44-13-2-4-24-49-44)39-20-16-31-17-21-41-38(19-15-30-18-22-42(39)47(31)46(30)41)33-9-5-8-32(26-33)37-10-6-14-45-40(37)11-7-25-50-45;1-2-6-9-8(4-1)5-3-7-10-9;1-3-2/h1-29H;1-7H;3H,1H2,2H3. The number of para-hydroxylation sites is 1. The van der Waals surface area contributed by atoms with Crippen LogP contribution in [0.25, 0.3) is 110 Å². The van der Waals surface area contributed by atoms with Gasteiger partial charge in [-0.3, -0.25) is 19.9 Å². The highest BCUT2D eigenvalue weighted by molar-refractivity contribution is 6.27. The number of hydrogen-bond acceptors (Lipinski definition) is 4. The molecular formula is C59H42N4. The molecule has 0 bridgehead atoms. The van der Waals surface area contributed by atoms with Crippen molar-refractivity contribution in [2.45, 2.75) is 6.92 Å². The molecule has 8 aromatic carbocycles. The van der Waals surface area contributed by atoms with E-state index in [4.69, 9.17) is 9.97 Å². The molecule has 0 saturated heterocycles. The number of nitrogens with zero attached hydrogens (tertiary/aromatic N) is 4. The molecule has 63 heavy (non-hydrogen) atoms. The topological polar surface area (TPSA) is 51.6 Å². The summed E-state index contributed by atoms with van der Waals surface area (Å²) < 4.78 is 0. The smallest absolute Gasteiger partial charge is 0.0708 e. The van der Waals surface area contributed by atoms with Crippen molar-refractivity contribution >= 4 is 54.1 Å². The second-order valence-corrected chi connectivity index (χ2v) is 15.4. The molecule has 0 N–H and O–H groups in total. The molecule has 4 heteroatoms. The average Bonchev–Trinajstić information content (AvgIpc) is 3.36. The molecule has 0 aliphatic rings. The Morgan fingerprint density at radius 2 is 0.794 bits per heavy atom. The van der Waals surface area contributed by atoms with Crippen LogP contribution in [0.4, 0.5) is 0 Å². The summed E-state index contributed by atoms with van der Waals surface area (Å²) in [5, 5.41) is 9.92. The lowest BCUT2D eigenvalue weighted by Crippen LogP contribution is -1.92. The minimum Gasteiger partial charge on any atom is -0.256 e. The molecule has 0 aliphatic carbocycles. The van der Waals surface area contributed by atoms with Gasteiger partial charge in [-0.15, -0.1) is 6.58 Å². The van der Waals surface area contributed by atoms with E-state index < -0.39 is 0 Å². The van der Waals surface area contributed by atoms with Crippen molar-refractivity contribution in [3.8, 4) is 55.9 Å². The van der Waals surface area contributed by atoms with Crippen molar-refractivity contribution in [3.05, 3.63) is 232 Å². The first-order valence-corrected chi connectivity index (χ1v) is 21.2. The fraction of sp³-hybridized carbons (Fsp3) is 0.0169. The van der Waals surface area contributed by atoms with Gasteiger partial charge in [0.1, 0.15) is 0 Å². The lowest BCUT2D eigenvalue weighted by Gasteiger charge is -2.18. The van der Waals surface area contributed by atoms with Gasteiger partial charge in [-0.25, -0.2) is 0 Å². The van der Waals surface area contributed by atoms with Gasteiger partial charge in [-0.05, 0) is 145 Å².